The number of benzene rings is 1. The second-order valence-corrected chi connectivity index (χ2v) is 5.02. The van der Waals surface area contributed by atoms with E-state index in [0.29, 0.717) is 17.1 Å². The fourth-order valence-corrected chi connectivity index (χ4v) is 2.55. The highest BCUT2D eigenvalue weighted by Gasteiger charge is 2.24. The Morgan fingerprint density at radius 2 is 1.70 bits per heavy atom. The van der Waals surface area contributed by atoms with Crippen molar-refractivity contribution in [2.24, 2.45) is 0 Å². The summed E-state index contributed by atoms with van der Waals surface area (Å²) in [5.41, 5.74) is 0.420. The molecule has 0 saturated heterocycles. The summed E-state index contributed by atoms with van der Waals surface area (Å²) >= 11 is 0. The van der Waals surface area contributed by atoms with Crippen LogP contribution in [0.25, 0.3) is 0 Å². The fraction of sp³-hybridized carbons (Fsp3) is 0.533. The molecule has 1 fully saturated rings. The van der Waals surface area contributed by atoms with Crippen molar-refractivity contribution in [2.75, 3.05) is 14.2 Å². The van der Waals surface area contributed by atoms with Gasteiger partial charge in [-0.25, -0.2) is 0 Å². The second kappa shape index (κ2) is 6.61. The molecule has 1 aliphatic rings. The third kappa shape index (κ3) is 3.22. The highest BCUT2D eigenvalue weighted by atomic mass is 16.5. The largest absolute Gasteiger partial charge is 0.496 e. The second-order valence-electron chi connectivity index (χ2n) is 5.02. The Kier molecular flexibility index (Phi) is 4.84. The number of carbonyl (C=O) groups is 1. The summed E-state index contributed by atoms with van der Waals surface area (Å²) in [6.45, 7) is 0. The number of amides is 1. The number of methoxy groups -OCH3 is 2. The van der Waals surface area contributed by atoms with E-state index in [0.717, 1.165) is 25.7 Å². The Bertz CT molecular complexity index is 445. The molecule has 0 unspecified atom stereocenters. The molecule has 0 bridgehead atoms. The molecule has 1 aliphatic carbocycles. The van der Waals surface area contributed by atoms with Crippen LogP contribution in [0.1, 0.15) is 36.0 Å². The number of hydrogen-bond acceptors (Lipinski definition) is 4. The first-order chi connectivity index (χ1) is 9.65. The minimum absolute atomic E-state index is 0.0977. The van der Waals surface area contributed by atoms with Crippen LogP contribution >= 0.6 is 0 Å². The Balaban J connectivity index is 2.12. The Morgan fingerprint density at radius 1 is 1.15 bits per heavy atom. The molecular weight excluding hydrogens is 258 g/mol. The van der Waals surface area contributed by atoms with Crippen LogP contribution in [0.5, 0.6) is 11.5 Å². The maximum atomic E-state index is 12.4. The highest BCUT2D eigenvalue weighted by Crippen LogP contribution is 2.28. The predicted octanol–water partition coefficient (Wildman–Crippen LogP) is 1.74. The van der Waals surface area contributed by atoms with Crippen molar-refractivity contribution >= 4 is 5.91 Å². The lowest BCUT2D eigenvalue weighted by Gasteiger charge is -2.26. The average molecular weight is 279 g/mol. The van der Waals surface area contributed by atoms with E-state index in [-0.39, 0.29) is 18.1 Å². The maximum absolute atomic E-state index is 12.4. The Labute approximate surface area is 118 Å². The molecule has 0 aromatic heterocycles. The van der Waals surface area contributed by atoms with Gasteiger partial charge >= 0.3 is 0 Å². The molecule has 1 aromatic rings. The molecule has 0 atom stereocenters. The number of hydrogen-bond donors (Lipinski definition) is 2. The molecule has 0 radical (unpaired) electrons. The summed E-state index contributed by atoms with van der Waals surface area (Å²) < 4.78 is 10.5. The fourth-order valence-electron chi connectivity index (χ4n) is 2.55. The van der Waals surface area contributed by atoms with Crippen LogP contribution in [0, 0.1) is 0 Å². The minimum atomic E-state index is -0.232. The number of nitrogens with one attached hydrogen (secondary N) is 1. The van der Waals surface area contributed by atoms with E-state index >= 15 is 0 Å². The summed E-state index contributed by atoms with van der Waals surface area (Å²) in [6.07, 6.45) is 2.82. The molecule has 5 heteroatoms. The summed E-state index contributed by atoms with van der Waals surface area (Å²) in [4.78, 5) is 12.4. The zero-order chi connectivity index (χ0) is 14.5. The average Bonchev–Trinajstić information content (AvgIpc) is 2.48. The molecule has 1 saturated carbocycles. The van der Waals surface area contributed by atoms with E-state index in [9.17, 15) is 9.90 Å². The number of rotatable bonds is 4. The molecule has 1 aromatic carbocycles. The van der Waals surface area contributed by atoms with E-state index in [1.54, 1.807) is 18.2 Å². The number of aliphatic hydroxyl groups is 1. The minimum Gasteiger partial charge on any atom is -0.496 e. The van der Waals surface area contributed by atoms with E-state index in [4.69, 9.17) is 9.47 Å². The molecule has 2 N–H and O–H groups in total. The van der Waals surface area contributed by atoms with Crippen molar-refractivity contribution in [3.8, 4) is 11.5 Å². The van der Waals surface area contributed by atoms with Gasteiger partial charge in [-0.05, 0) is 37.8 Å². The van der Waals surface area contributed by atoms with Gasteiger partial charge in [0.2, 0.25) is 0 Å². The van der Waals surface area contributed by atoms with Crippen LogP contribution in [0.4, 0.5) is 0 Å². The highest BCUT2D eigenvalue weighted by molar-refractivity contribution is 5.99. The van der Waals surface area contributed by atoms with Crippen molar-refractivity contribution in [1.82, 2.24) is 5.32 Å². The van der Waals surface area contributed by atoms with Crippen molar-refractivity contribution in [2.45, 2.75) is 37.8 Å². The van der Waals surface area contributed by atoms with Gasteiger partial charge in [0, 0.05) is 6.04 Å². The molecule has 5 nitrogen and oxygen atoms in total. The van der Waals surface area contributed by atoms with Crippen LogP contribution in [0.2, 0.25) is 0 Å². The van der Waals surface area contributed by atoms with Crippen molar-refractivity contribution < 1.29 is 19.4 Å². The topological polar surface area (TPSA) is 67.8 Å². The van der Waals surface area contributed by atoms with Gasteiger partial charge in [-0.15, -0.1) is 0 Å². The molecular formula is C15H21NO4. The van der Waals surface area contributed by atoms with Gasteiger partial charge in [0.05, 0.1) is 20.3 Å². The molecule has 0 spiro atoms. The SMILES string of the molecule is COc1cccc(OC)c1C(=O)NC1CCC(O)CC1. The van der Waals surface area contributed by atoms with Crippen LogP contribution in [0.15, 0.2) is 18.2 Å². The lowest BCUT2D eigenvalue weighted by Crippen LogP contribution is -2.38. The van der Waals surface area contributed by atoms with Crippen LogP contribution in [-0.4, -0.2) is 37.4 Å². The van der Waals surface area contributed by atoms with Gasteiger partial charge in [-0.1, -0.05) is 6.07 Å². The molecule has 110 valence electrons. The zero-order valence-corrected chi connectivity index (χ0v) is 11.9. The normalized spacial score (nSPS) is 22.1. The molecule has 0 heterocycles. The van der Waals surface area contributed by atoms with Crippen molar-refractivity contribution in [1.29, 1.82) is 0 Å². The van der Waals surface area contributed by atoms with Crippen molar-refractivity contribution in [3.63, 3.8) is 0 Å². The first kappa shape index (κ1) is 14.7. The summed E-state index contributed by atoms with van der Waals surface area (Å²) in [5, 5.41) is 12.5. The quantitative estimate of drug-likeness (QED) is 0.881. The number of carbonyl (C=O) groups excluding carboxylic acids is 1. The molecule has 1 amide bonds. The number of aliphatic hydroxyl groups excluding tert-OH is 1. The first-order valence-electron chi connectivity index (χ1n) is 6.85. The lowest BCUT2D eigenvalue weighted by molar-refractivity contribution is 0.0862. The van der Waals surface area contributed by atoms with Crippen LogP contribution in [-0.2, 0) is 0 Å². The summed E-state index contributed by atoms with van der Waals surface area (Å²) in [6, 6.07) is 5.36. The standard InChI is InChI=1S/C15H21NO4/c1-19-12-4-3-5-13(20-2)14(12)15(18)16-10-6-8-11(17)9-7-10/h3-5,10-11,17H,6-9H2,1-2H3,(H,16,18). The zero-order valence-electron chi connectivity index (χ0n) is 11.9. The smallest absolute Gasteiger partial charge is 0.259 e. The van der Waals surface area contributed by atoms with Gasteiger partial charge in [-0.2, -0.15) is 0 Å². The van der Waals surface area contributed by atoms with Crippen LogP contribution in [0.3, 0.4) is 0 Å². The molecule has 2 rings (SSSR count). The van der Waals surface area contributed by atoms with E-state index in [1.165, 1.54) is 14.2 Å². The molecule has 0 aliphatic heterocycles. The van der Waals surface area contributed by atoms with Crippen molar-refractivity contribution in [3.05, 3.63) is 23.8 Å². The van der Waals surface area contributed by atoms with Gasteiger partial charge < -0.3 is 19.9 Å². The third-order valence-electron chi connectivity index (χ3n) is 3.69. The maximum Gasteiger partial charge on any atom is 0.259 e. The van der Waals surface area contributed by atoms with Gasteiger partial charge in [0.25, 0.3) is 5.91 Å². The van der Waals surface area contributed by atoms with Gasteiger partial charge in [0.15, 0.2) is 0 Å². The van der Waals surface area contributed by atoms with E-state index < -0.39 is 0 Å². The Hall–Kier alpha value is -1.75. The first-order valence-corrected chi connectivity index (χ1v) is 6.85. The molecule has 20 heavy (non-hydrogen) atoms. The van der Waals surface area contributed by atoms with E-state index in [2.05, 4.69) is 5.32 Å². The van der Waals surface area contributed by atoms with Gasteiger partial charge in [0.1, 0.15) is 17.1 Å². The monoisotopic (exact) mass is 279 g/mol. The van der Waals surface area contributed by atoms with Gasteiger partial charge in [-0.3, -0.25) is 4.79 Å². The number of ether oxygens (including phenoxy) is 2. The summed E-state index contributed by atoms with van der Waals surface area (Å²) in [7, 11) is 3.06. The summed E-state index contributed by atoms with van der Waals surface area (Å²) in [5.74, 6) is 0.802. The van der Waals surface area contributed by atoms with E-state index in [1.807, 2.05) is 0 Å². The third-order valence-corrected chi connectivity index (χ3v) is 3.69. The lowest BCUT2D eigenvalue weighted by atomic mass is 9.93. The predicted molar refractivity (Wildman–Crippen MR) is 75.3 cm³/mol. The Morgan fingerprint density at radius 3 is 2.20 bits per heavy atom. The van der Waals surface area contributed by atoms with Crippen LogP contribution < -0.4 is 14.8 Å².